The Morgan fingerprint density at radius 2 is 1.88 bits per heavy atom. The number of nitrogens with one attached hydrogen (secondary N) is 2. The Bertz CT molecular complexity index is 735. The maximum Gasteiger partial charge on any atom is 0.191 e. The van der Waals surface area contributed by atoms with Gasteiger partial charge in [-0.3, -0.25) is 0 Å². The minimum absolute atomic E-state index is 0.253. The molecule has 5 nitrogen and oxygen atoms in total. The number of hydrogen-bond acceptors (Lipinski definition) is 3. The van der Waals surface area contributed by atoms with E-state index in [0.717, 1.165) is 23.4 Å². The first-order valence-electron chi connectivity index (χ1n) is 8.72. The van der Waals surface area contributed by atoms with Crippen molar-refractivity contribution in [2.24, 2.45) is 4.99 Å². The molecule has 140 valence electrons. The van der Waals surface area contributed by atoms with E-state index in [-0.39, 0.29) is 5.82 Å². The Morgan fingerprint density at radius 1 is 1.04 bits per heavy atom. The lowest BCUT2D eigenvalue weighted by atomic mass is 10.2. The third-order valence-corrected chi connectivity index (χ3v) is 3.64. The van der Waals surface area contributed by atoms with E-state index in [1.807, 2.05) is 38.1 Å². The summed E-state index contributed by atoms with van der Waals surface area (Å²) < 4.78 is 24.2. The van der Waals surface area contributed by atoms with Crippen LogP contribution in [0.15, 0.2) is 47.5 Å². The summed E-state index contributed by atoms with van der Waals surface area (Å²) >= 11 is 0. The van der Waals surface area contributed by atoms with Crippen molar-refractivity contribution in [1.29, 1.82) is 0 Å². The Hall–Kier alpha value is -2.76. The number of nitrogens with zero attached hydrogens (tertiary/aromatic N) is 1. The molecule has 6 heteroatoms. The van der Waals surface area contributed by atoms with Crippen LogP contribution in [0.4, 0.5) is 4.39 Å². The van der Waals surface area contributed by atoms with E-state index in [1.54, 1.807) is 13.2 Å². The van der Waals surface area contributed by atoms with E-state index in [9.17, 15) is 4.39 Å². The molecule has 0 heterocycles. The number of benzene rings is 2. The Kier molecular flexibility index (Phi) is 7.74. The zero-order chi connectivity index (χ0) is 18.8. The molecule has 2 rings (SSSR count). The van der Waals surface area contributed by atoms with Crippen molar-refractivity contribution in [1.82, 2.24) is 10.6 Å². The highest BCUT2D eigenvalue weighted by atomic mass is 19.1. The zero-order valence-electron chi connectivity index (χ0n) is 15.5. The van der Waals surface area contributed by atoms with E-state index < -0.39 is 0 Å². The molecular formula is C20H26FN3O2. The molecule has 0 unspecified atom stereocenters. The van der Waals surface area contributed by atoms with Crippen LogP contribution in [0.25, 0.3) is 0 Å². The van der Waals surface area contributed by atoms with E-state index >= 15 is 0 Å². The minimum atomic E-state index is -0.253. The van der Waals surface area contributed by atoms with Crippen LogP contribution < -0.4 is 20.1 Å². The number of ether oxygens (including phenoxy) is 2. The van der Waals surface area contributed by atoms with Gasteiger partial charge in [-0.1, -0.05) is 18.2 Å². The van der Waals surface area contributed by atoms with Crippen LogP contribution in [0, 0.1) is 5.82 Å². The van der Waals surface area contributed by atoms with Gasteiger partial charge in [0.15, 0.2) is 17.5 Å². The van der Waals surface area contributed by atoms with Gasteiger partial charge < -0.3 is 20.1 Å². The minimum Gasteiger partial charge on any atom is -0.493 e. The summed E-state index contributed by atoms with van der Waals surface area (Å²) in [7, 11) is 1.62. The molecule has 0 aliphatic carbocycles. The number of guanidine groups is 1. The molecule has 0 aliphatic heterocycles. The predicted molar refractivity (Wildman–Crippen MR) is 102 cm³/mol. The fourth-order valence-corrected chi connectivity index (χ4v) is 2.43. The molecule has 26 heavy (non-hydrogen) atoms. The average molecular weight is 359 g/mol. The monoisotopic (exact) mass is 359 g/mol. The molecule has 0 radical (unpaired) electrons. The van der Waals surface area contributed by atoms with Crippen molar-refractivity contribution in [3.05, 3.63) is 59.4 Å². The smallest absolute Gasteiger partial charge is 0.191 e. The predicted octanol–water partition coefficient (Wildman–Crippen LogP) is 3.49. The molecule has 0 aromatic heterocycles. The second kappa shape index (κ2) is 10.3. The van der Waals surface area contributed by atoms with Gasteiger partial charge in [-0.2, -0.15) is 0 Å². The van der Waals surface area contributed by atoms with Crippen molar-refractivity contribution in [2.75, 3.05) is 20.3 Å². The highest BCUT2D eigenvalue weighted by Gasteiger charge is 2.06. The molecule has 0 atom stereocenters. The summed E-state index contributed by atoms with van der Waals surface area (Å²) in [6.07, 6.45) is 0. The largest absolute Gasteiger partial charge is 0.493 e. The number of hydrogen-bond donors (Lipinski definition) is 2. The van der Waals surface area contributed by atoms with Crippen molar-refractivity contribution < 1.29 is 13.9 Å². The summed E-state index contributed by atoms with van der Waals surface area (Å²) in [5.41, 5.74) is 1.87. The first kappa shape index (κ1) is 19.6. The normalized spacial score (nSPS) is 11.2. The quantitative estimate of drug-likeness (QED) is 0.560. The van der Waals surface area contributed by atoms with Gasteiger partial charge in [-0.25, -0.2) is 9.38 Å². The molecule has 0 amide bonds. The fraction of sp³-hybridized carbons (Fsp3) is 0.350. The molecule has 2 aromatic carbocycles. The van der Waals surface area contributed by atoms with Crippen LogP contribution in [0.5, 0.6) is 11.5 Å². The van der Waals surface area contributed by atoms with Gasteiger partial charge in [0.1, 0.15) is 5.82 Å². The van der Waals surface area contributed by atoms with Crippen LogP contribution in [-0.2, 0) is 13.1 Å². The van der Waals surface area contributed by atoms with Gasteiger partial charge in [0.05, 0.1) is 20.3 Å². The van der Waals surface area contributed by atoms with Crippen molar-refractivity contribution in [3.8, 4) is 11.5 Å². The lowest BCUT2D eigenvalue weighted by Gasteiger charge is -2.14. The van der Waals surface area contributed by atoms with Crippen LogP contribution in [0.1, 0.15) is 25.0 Å². The van der Waals surface area contributed by atoms with Crippen LogP contribution >= 0.6 is 0 Å². The lowest BCUT2D eigenvalue weighted by molar-refractivity contribution is 0.310. The van der Waals surface area contributed by atoms with Gasteiger partial charge in [-0.15, -0.1) is 0 Å². The highest BCUT2D eigenvalue weighted by molar-refractivity contribution is 5.79. The number of halogens is 1. The van der Waals surface area contributed by atoms with Gasteiger partial charge in [0.2, 0.25) is 0 Å². The van der Waals surface area contributed by atoms with Gasteiger partial charge in [0, 0.05) is 13.1 Å². The molecule has 2 aromatic rings. The standard InChI is InChI=1S/C20H26FN3O2/c1-4-22-20(23-13-15-7-6-8-17(21)11-15)24-14-16-9-10-18(26-5-2)19(12-16)25-3/h6-12H,4-5,13-14H2,1-3H3,(H2,22,23,24). The van der Waals surface area contributed by atoms with Crippen molar-refractivity contribution in [2.45, 2.75) is 26.9 Å². The molecule has 2 N–H and O–H groups in total. The van der Waals surface area contributed by atoms with E-state index in [4.69, 9.17) is 9.47 Å². The van der Waals surface area contributed by atoms with Gasteiger partial charge in [-0.05, 0) is 49.2 Å². The number of aliphatic imine (C=N–C) groups is 1. The molecule has 0 aliphatic rings. The van der Waals surface area contributed by atoms with E-state index in [0.29, 0.717) is 31.4 Å². The first-order valence-corrected chi connectivity index (χ1v) is 8.72. The third-order valence-electron chi connectivity index (χ3n) is 3.64. The highest BCUT2D eigenvalue weighted by Crippen LogP contribution is 2.27. The Balaban J connectivity index is 2.02. The molecule has 0 saturated carbocycles. The van der Waals surface area contributed by atoms with Gasteiger partial charge >= 0.3 is 0 Å². The maximum absolute atomic E-state index is 13.3. The lowest BCUT2D eigenvalue weighted by Crippen LogP contribution is -2.36. The molecular weight excluding hydrogens is 333 g/mol. The fourth-order valence-electron chi connectivity index (χ4n) is 2.43. The van der Waals surface area contributed by atoms with Crippen LogP contribution in [0.2, 0.25) is 0 Å². The molecule has 0 saturated heterocycles. The number of rotatable bonds is 8. The van der Waals surface area contributed by atoms with Gasteiger partial charge in [0.25, 0.3) is 0 Å². The second-order valence-corrected chi connectivity index (χ2v) is 5.60. The average Bonchev–Trinajstić information content (AvgIpc) is 2.65. The zero-order valence-corrected chi connectivity index (χ0v) is 15.5. The maximum atomic E-state index is 13.3. The third kappa shape index (κ3) is 5.95. The van der Waals surface area contributed by atoms with Crippen molar-refractivity contribution in [3.63, 3.8) is 0 Å². The summed E-state index contributed by atoms with van der Waals surface area (Å²) in [6, 6.07) is 12.3. The second-order valence-electron chi connectivity index (χ2n) is 5.60. The summed E-state index contributed by atoms with van der Waals surface area (Å²) in [4.78, 5) is 4.50. The summed E-state index contributed by atoms with van der Waals surface area (Å²) in [5.74, 6) is 1.85. The first-order chi connectivity index (χ1) is 12.7. The van der Waals surface area contributed by atoms with Crippen LogP contribution in [0.3, 0.4) is 0 Å². The molecule has 0 spiro atoms. The Labute approximate surface area is 154 Å². The molecule has 0 fully saturated rings. The topological polar surface area (TPSA) is 54.9 Å². The Morgan fingerprint density at radius 3 is 2.58 bits per heavy atom. The summed E-state index contributed by atoms with van der Waals surface area (Å²) in [6.45, 7) is 6.25. The SMILES string of the molecule is CCNC(=NCc1cccc(F)c1)NCc1ccc(OCC)c(OC)c1. The molecule has 0 bridgehead atoms. The van der Waals surface area contributed by atoms with E-state index in [2.05, 4.69) is 15.6 Å². The van der Waals surface area contributed by atoms with Crippen molar-refractivity contribution >= 4 is 5.96 Å². The number of methoxy groups -OCH3 is 1. The van der Waals surface area contributed by atoms with Crippen LogP contribution in [-0.4, -0.2) is 26.2 Å². The van der Waals surface area contributed by atoms with E-state index in [1.165, 1.54) is 12.1 Å². The summed E-state index contributed by atoms with van der Waals surface area (Å²) in [5, 5.41) is 6.46.